The Morgan fingerprint density at radius 3 is 2.11 bits per heavy atom. The predicted octanol–water partition coefficient (Wildman–Crippen LogP) is 6.20. The summed E-state index contributed by atoms with van der Waals surface area (Å²) in [5.74, 6) is 0. The average Bonchev–Trinajstić information content (AvgIpc) is 2.87. The van der Waals surface area contributed by atoms with E-state index in [1.165, 1.54) is 22.5 Å². The summed E-state index contributed by atoms with van der Waals surface area (Å²) in [5, 5.41) is 4.60. The maximum absolute atomic E-state index is 13.9. The first-order valence-corrected chi connectivity index (χ1v) is 11.6. The molecule has 1 heterocycles. The van der Waals surface area contributed by atoms with Crippen molar-refractivity contribution in [3.8, 4) is 0 Å². The van der Waals surface area contributed by atoms with E-state index < -0.39 is 11.7 Å². The lowest BCUT2D eigenvalue weighted by Gasteiger charge is -2.36. The highest BCUT2D eigenvalue weighted by Crippen LogP contribution is 2.44. The maximum atomic E-state index is 13.9. The van der Waals surface area contributed by atoms with Crippen LogP contribution in [-0.4, -0.2) is 13.8 Å². The Morgan fingerprint density at radius 2 is 1.31 bits per heavy atom. The van der Waals surface area contributed by atoms with Gasteiger partial charge in [0.1, 0.15) is 0 Å². The lowest BCUT2D eigenvalue weighted by atomic mass is 9.35. The molecule has 1 nitrogen and oxygen atoms in total. The summed E-state index contributed by atoms with van der Waals surface area (Å²) in [4.78, 5) is 2.20. The van der Waals surface area contributed by atoms with Crippen LogP contribution in [0, 0.1) is 0 Å². The minimum atomic E-state index is -4.41. The number of rotatable bonds is 1. The van der Waals surface area contributed by atoms with Crippen molar-refractivity contribution in [1.29, 1.82) is 0 Å². The van der Waals surface area contributed by atoms with Gasteiger partial charge < -0.3 is 4.90 Å². The second-order valence-electron chi connectivity index (χ2n) is 9.31. The number of fused-ring (bicyclic) bond motifs is 3. The van der Waals surface area contributed by atoms with Crippen molar-refractivity contribution in [1.82, 2.24) is 0 Å². The lowest BCUT2D eigenvalue weighted by Crippen LogP contribution is -2.57. The van der Waals surface area contributed by atoms with Crippen molar-refractivity contribution in [2.45, 2.75) is 6.18 Å². The highest BCUT2D eigenvalue weighted by atomic mass is 19.4. The molecule has 0 spiro atoms. The molecule has 0 fully saturated rings. The van der Waals surface area contributed by atoms with E-state index in [-0.39, 0.29) is 12.1 Å². The van der Waals surface area contributed by atoms with Gasteiger partial charge in [0, 0.05) is 23.8 Å². The van der Waals surface area contributed by atoms with Crippen molar-refractivity contribution in [3.63, 3.8) is 0 Å². The predicted molar refractivity (Wildman–Crippen MR) is 141 cm³/mol. The van der Waals surface area contributed by atoms with Crippen LogP contribution in [0.1, 0.15) is 5.56 Å². The topological polar surface area (TPSA) is 3.24 Å². The molecule has 168 valence electrons. The first kappa shape index (κ1) is 20.4. The van der Waals surface area contributed by atoms with Gasteiger partial charge in [-0.2, -0.15) is 13.2 Å². The summed E-state index contributed by atoms with van der Waals surface area (Å²) in [5.41, 5.74) is 5.16. The fraction of sp³-hybridized carbons (Fsp3) is 0.0667. The largest absolute Gasteiger partial charge is 0.417 e. The van der Waals surface area contributed by atoms with Gasteiger partial charge >= 0.3 is 6.18 Å². The van der Waals surface area contributed by atoms with Gasteiger partial charge in [0.25, 0.3) is 0 Å². The molecular formula is C30H19BF3N. The number of alkyl halides is 3. The quantitative estimate of drug-likeness (QED) is 0.208. The Labute approximate surface area is 200 Å². The van der Waals surface area contributed by atoms with Gasteiger partial charge in [0.15, 0.2) is 0 Å². The van der Waals surface area contributed by atoms with E-state index in [0.717, 1.165) is 32.9 Å². The Kier molecular flexibility index (Phi) is 4.09. The molecule has 35 heavy (non-hydrogen) atoms. The molecule has 5 heteroatoms. The van der Waals surface area contributed by atoms with Crippen molar-refractivity contribution < 1.29 is 13.2 Å². The first-order valence-electron chi connectivity index (χ1n) is 11.6. The minimum Gasteiger partial charge on any atom is -0.345 e. The van der Waals surface area contributed by atoms with Crippen LogP contribution in [-0.2, 0) is 6.18 Å². The zero-order valence-electron chi connectivity index (χ0n) is 18.9. The summed E-state index contributed by atoms with van der Waals surface area (Å²) in [6.45, 7) is 0.0336. The monoisotopic (exact) mass is 461 g/mol. The molecule has 0 radical (unpaired) electrons. The van der Waals surface area contributed by atoms with Crippen molar-refractivity contribution in [3.05, 3.63) is 103 Å². The van der Waals surface area contributed by atoms with E-state index in [1.807, 2.05) is 24.3 Å². The molecule has 0 aliphatic carbocycles. The van der Waals surface area contributed by atoms with Crippen LogP contribution in [0.15, 0.2) is 97.1 Å². The number of hydrogen-bond acceptors (Lipinski definition) is 1. The summed E-state index contributed by atoms with van der Waals surface area (Å²) in [6, 6.07) is 31.3. The van der Waals surface area contributed by atoms with E-state index in [4.69, 9.17) is 0 Å². The summed E-state index contributed by atoms with van der Waals surface area (Å²) in [7, 11) is 2.05. The molecule has 1 aliphatic heterocycles. The van der Waals surface area contributed by atoms with Gasteiger partial charge in [-0.15, -0.1) is 0 Å². The smallest absolute Gasteiger partial charge is 0.345 e. The minimum absolute atomic E-state index is 0.0336. The molecule has 0 bridgehead atoms. The summed E-state index contributed by atoms with van der Waals surface area (Å²) < 4.78 is 41.6. The zero-order valence-corrected chi connectivity index (χ0v) is 18.9. The number of para-hydroxylation sites is 1. The molecule has 0 saturated carbocycles. The van der Waals surface area contributed by atoms with Gasteiger partial charge in [-0.05, 0) is 50.0 Å². The third-order valence-electron chi connectivity index (χ3n) is 7.48. The fourth-order valence-electron chi connectivity index (χ4n) is 6.06. The molecule has 6 aromatic carbocycles. The Balaban J connectivity index is 1.63. The average molecular weight is 461 g/mol. The normalized spacial score (nSPS) is 13.6. The fourth-order valence-corrected chi connectivity index (χ4v) is 6.06. The van der Waals surface area contributed by atoms with E-state index >= 15 is 0 Å². The van der Waals surface area contributed by atoms with Crippen molar-refractivity contribution in [2.75, 3.05) is 11.9 Å². The van der Waals surface area contributed by atoms with Crippen LogP contribution in [0.2, 0.25) is 0 Å². The Bertz CT molecular complexity index is 1760. The van der Waals surface area contributed by atoms with Crippen LogP contribution in [0.25, 0.3) is 32.3 Å². The lowest BCUT2D eigenvalue weighted by molar-refractivity contribution is -0.136. The van der Waals surface area contributed by atoms with E-state index in [2.05, 4.69) is 66.5 Å². The number of nitrogens with zero attached hydrogens (tertiary/aromatic N) is 1. The second kappa shape index (κ2) is 7.02. The van der Waals surface area contributed by atoms with Gasteiger partial charge in [0.05, 0.1) is 5.56 Å². The Hall–Kier alpha value is -3.99. The maximum Gasteiger partial charge on any atom is 0.417 e. The molecule has 0 aromatic heterocycles. The molecule has 0 amide bonds. The molecule has 1 aliphatic rings. The van der Waals surface area contributed by atoms with Crippen molar-refractivity contribution >= 4 is 66.8 Å². The van der Waals surface area contributed by atoms with E-state index in [9.17, 15) is 13.2 Å². The number of halogens is 3. The first-order chi connectivity index (χ1) is 16.9. The summed E-state index contributed by atoms with van der Waals surface area (Å²) in [6.07, 6.45) is -4.41. The van der Waals surface area contributed by atoms with Crippen molar-refractivity contribution in [2.24, 2.45) is 0 Å². The molecule has 0 saturated heterocycles. The van der Waals surface area contributed by atoms with E-state index in [1.54, 1.807) is 12.1 Å². The zero-order chi connectivity index (χ0) is 23.9. The standard InChI is InChI=1S/C30H19BF3N/c1-35-26-10-6-5-9-24(26)31(20-7-3-2-4-8-20)25-17-19-12-14-21-23(30(32,33)34)16-13-18-11-15-22(29(25)35)28(19)27(18)21/h2-17H,1H3. The molecule has 0 N–H and O–H groups in total. The number of anilines is 2. The Morgan fingerprint density at radius 1 is 0.657 bits per heavy atom. The molecule has 0 unspecified atom stereocenters. The second-order valence-corrected chi connectivity index (χ2v) is 9.31. The highest BCUT2D eigenvalue weighted by Gasteiger charge is 2.36. The van der Waals surface area contributed by atoms with Crippen LogP contribution in [0.3, 0.4) is 0 Å². The third-order valence-corrected chi connectivity index (χ3v) is 7.48. The number of benzene rings is 6. The van der Waals surface area contributed by atoms with E-state index in [0.29, 0.717) is 5.39 Å². The number of hydrogen-bond donors (Lipinski definition) is 0. The highest BCUT2D eigenvalue weighted by molar-refractivity contribution is 6.98. The summed E-state index contributed by atoms with van der Waals surface area (Å²) >= 11 is 0. The molecule has 6 aromatic rings. The van der Waals surface area contributed by atoms with Gasteiger partial charge in [-0.3, -0.25) is 0 Å². The molecule has 0 atom stereocenters. The van der Waals surface area contributed by atoms with Crippen LogP contribution >= 0.6 is 0 Å². The van der Waals surface area contributed by atoms with Crippen LogP contribution < -0.4 is 21.3 Å². The van der Waals surface area contributed by atoms with Gasteiger partial charge in [0.2, 0.25) is 6.71 Å². The molecular weight excluding hydrogens is 442 g/mol. The van der Waals surface area contributed by atoms with Gasteiger partial charge in [-0.1, -0.05) is 90.4 Å². The molecule has 7 rings (SSSR count). The van der Waals surface area contributed by atoms with Gasteiger partial charge in [-0.25, -0.2) is 0 Å². The SMILES string of the molecule is CN1c2ccccc2B(c2ccccc2)c2cc3ccc4c(C(F)(F)F)ccc5ccc(c21)c3c54. The van der Waals surface area contributed by atoms with Crippen LogP contribution in [0.4, 0.5) is 24.5 Å². The third kappa shape index (κ3) is 2.78. The van der Waals surface area contributed by atoms with Crippen LogP contribution in [0.5, 0.6) is 0 Å².